The average Bonchev–Trinajstić information content (AvgIpc) is 2.73. The van der Waals surface area contributed by atoms with Gasteiger partial charge in [-0.3, -0.25) is 0 Å². The Morgan fingerprint density at radius 2 is 1.64 bits per heavy atom. The van der Waals surface area contributed by atoms with Gasteiger partial charge in [-0.15, -0.1) is 0 Å². The zero-order valence-corrected chi connectivity index (χ0v) is 15.6. The molecule has 4 rings (SSSR count). The first-order valence-electron chi connectivity index (χ1n) is 8.79. The molecule has 0 amide bonds. The standard InChI is InChI=1S/C22H20N4O2/c1-27-19-11-10-16(13-20(19)28-2)24-22-25-18-9-4-3-8-17(18)21(26-22)14-6-5-7-15(23)12-14/h3-13H,23H2,1-2H3,(H,24,25,26). The second-order valence-corrected chi connectivity index (χ2v) is 6.23. The first-order valence-corrected chi connectivity index (χ1v) is 8.79. The van der Waals surface area contributed by atoms with Crippen LogP contribution in [-0.4, -0.2) is 24.2 Å². The fourth-order valence-corrected chi connectivity index (χ4v) is 3.08. The van der Waals surface area contributed by atoms with Gasteiger partial charge in [-0.1, -0.05) is 30.3 Å². The molecule has 1 aromatic heterocycles. The van der Waals surface area contributed by atoms with Gasteiger partial charge in [-0.05, 0) is 30.3 Å². The van der Waals surface area contributed by atoms with E-state index >= 15 is 0 Å². The molecule has 0 atom stereocenters. The number of ether oxygens (including phenoxy) is 2. The van der Waals surface area contributed by atoms with E-state index < -0.39 is 0 Å². The number of fused-ring (bicyclic) bond motifs is 1. The van der Waals surface area contributed by atoms with Crippen molar-refractivity contribution in [2.45, 2.75) is 0 Å². The fourth-order valence-electron chi connectivity index (χ4n) is 3.08. The SMILES string of the molecule is COc1ccc(Nc2nc(-c3cccc(N)c3)c3ccccc3n2)cc1OC. The average molecular weight is 372 g/mol. The van der Waals surface area contributed by atoms with Crippen LogP contribution in [0.4, 0.5) is 17.3 Å². The Bertz CT molecular complexity index is 1140. The van der Waals surface area contributed by atoms with E-state index in [1.807, 2.05) is 66.7 Å². The fraction of sp³-hybridized carbons (Fsp3) is 0.0909. The first kappa shape index (κ1) is 17.6. The molecule has 0 aliphatic rings. The van der Waals surface area contributed by atoms with Crippen molar-refractivity contribution in [2.24, 2.45) is 0 Å². The normalized spacial score (nSPS) is 10.6. The predicted molar refractivity (Wildman–Crippen MR) is 112 cm³/mol. The van der Waals surface area contributed by atoms with E-state index in [9.17, 15) is 0 Å². The Kier molecular flexibility index (Phi) is 4.68. The van der Waals surface area contributed by atoms with Gasteiger partial charge in [0, 0.05) is 28.4 Å². The molecule has 0 bridgehead atoms. The van der Waals surface area contributed by atoms with Crippen molar-refractivity contribution in [3.63, 3.8) is 0 Å². The summed E-state index contributed by atoms with van der Waals surface area (Å²) in [4.78, 5) is 9.41. The number of anilines is 3. The molecule has 0 fully saturated rings. The molecule has 0 saturated carbocycles. The number of para-hydroxylation sites is 1. The summed E-state index contributed by atoms with van der Waals surface area (Å²) >= 11 is 0. The van der Waals surface area contributed by atoms with Gasteiger partial charge in [0.05, 0.1) is 25.4 Å². The van der Waals surface area contributed by atoms with E-state index in [1.165, 1.54) is 0 Å². The van der Waals surface area contributed by atoms with Gasteiger partial charge in [-0.2, -0.15) is 0 Å². The summed E-state index contributed by atoms with van der Waals surface area (Å²) in [5.41, 5.74) is 10.1. The van der Waals surface area contributed by atoms with Crippen LogP contribution >= 0.6 is 0 Å². The topological polar surface area (TPSA) is 82.3 Å². The Balaban J connectivity index is 1.80. The van der Waals surface area contributed by atoms with Gasteiger partial charge < -0.3 is 20.5 Å². The van der Waals surface area contributed by atoms with Crippen molar-refractivity contribution < 1.29 is 9.47 Å². The highest BCUT2D eigenvalue weighted by molar-refractivity contribution is 5.93. The summed E-state index contributed by atoms with van der Waals surface area (Å²) in [5.74, 6) is 1.78. The number of nitrogens with two attached hydrogens (primary N) is 1. The summed E-state index contributed by atoms with van der Waals surface area (Å²) < 4.78 is 10.7. The molecule has 1 heterocycles. The monoisotopic (exact) mass is 372 g/mol. The summed E-state index contributed by atoms with van der Waals surface area (Å²) in [7, 11) is 3.21. The molecule has 0 spiro atoms. The van der Waals surface area contributed by atoms with Crippen molar-refractivity contribution in [3.8, 4) is 22.8 Å². The summed E-state index contributed by atoms with van der Waals surface area (Å²) in [6, 6.07) is 21.2. The number of methoxy groups -OCH3 is 2. The zero-order valence-electron chi connectivity index (χ0n) is 15.6. The van der Waals surface area contributed by atoms with Crippen molar-refractivity contribution in [2.75, 3.05) is 25.3 Å². The maximum Gasteiger partial charge on any atom is 0.228 e. The van der Waals surface area contributed by atoms with Crippen LogP contribution in [0.3, 0.4) is 0 Å². The molecule has 0 radical (unpaired) electrons. The third kappa shape index (κ3) is 3.40. The van der Waals surface area contributed by atoms with Crippen LogP contribution in [0.5, 0.6) is 11.5 Å². The summed E-state index contributed by atoms with van der Waals surface area (Å²) in [5, 5.41) is 4.22. The predicted octanol–water partition coefficient (Wildman–Crippen LogP) is 4.64. The lowest BCUT2D eigenvalue weighted by molar-refractivity contribution is 0.355. The second-order valence-electron chi connectivity index (χ2n) is 6.23. The zero-order chi connectivity index (χ0) is 19.5. The first-order chi connectivity index (χ1) is 13.7. The van der Waals surface area contributed by atoms with Crippen LogP contribution in [0.2, 0.25) is 0 Å². The lowest BCUT2D eigenvalue weighted by atomic mass is 10.1. The largest absolute Gasteiger partial charge is 0.493 e. The van der Waals surface area contributed by atoms with E-state index in [2.05, 4.69) is 10.3 Å². The van der Waals surface area contributed by atoms with Gasteiger partial charge in [0.15, 0.2) is 11.5 Å². The lowest BCUT2D eigenvalue weighted by Gasteiger charge is -2.13. The van der Waals surface area contributed by atoms with E-state index in [0.29, 0.717) is 23.1 Å². The Hall–Kier alpha value is -3.80. The van der Waals surface area contributed by atoms with Gasteiger partial charge in [0.2, 0.25) is 5.95 Å². The number of rotatable bonds is 5. The highest BCUT2D eigenvalue weighted by atomic mass is 16.5. The van der Waals surface area contributed by atoms with Crippen molar-refractivity contribution in [3.05, 3.63) is 66.7 Å². The van der Waals surface area contributed by atoms with Gasteiger partial charge in [-0.25, -0.2) is 9.97 Å². The quantitative estimate of drug-likeness (QED) is 0.497. The van der Waals surface area contributed by atoms with Crippen molar-refractivity contribution in [1.29, 1.82) is 0 Å². The van der Waals surface area contributed by atoms with Crippen molar-refractivity contribution in [1.82, 2.24) is 9.97 Å². The highest BCUT2D eigenvalue weighted by Gasteiger charge is 2.11. The summed E-state index contributed by atoms with van der Waals surface area (Å²) in [6.07, 6.45) is 0. The minimum Gasteiger partial charge on any atom is -0.493 e. The maximum absolute atomic E-state index is 5.98. The van der Waals surface area contributed by atoms with Crippen LogP contribution in [-0.2, 0) is 0 Å². The molecule has 3 aromatic carbocycles. The number of benzene rings is 3. The van der Waals surface area contributed by atoms with E-state index in [0.717, 1.165) is 27.8 Å². The van der Waals surface area contributed by atoms with Crippen LogP contribution in [0, 0.1) is 0 Å². The van der Waals surface area contributed by atoms with Crippen molar-refractivity contribution >= 4 is 28.2 Å². The van der Waals surface area contributed by atoms with E-state index in [1.54, 1.807) is 14.2 Å². The number of hydrogen-bond acceptors (Lipinski definition) is 6. The third-order valence-corrected chi connectivity index (χ3v) is 4.40. The lowest BCUT2D eigenvalue weighted by Crippen LogP contribution is -2.01. The van der Waals surface area contributed by atoms with Crippen LogP contribution in [0.1, 0.15) is 0 Å². The molecule has 0 unspecified atom stereocenters. The molecule has 28 heavy (non-hydrogen) atoms. The molecule has 140 valence electrons. The Labute approximate surface area is 163 Å². The summed E-state index contributed by atoms with van der Waals surface area (Å²) in [6.45, 7) is 0. The Morgan fingerprint density at radius 3 is 2.43 bits per heavy atom. The number of nitrogen functional groups attached to an aromatic ring is 1. The molecular weight excluding hydrogens is 352 g/mol. The van der Waals surface area contributed by atoms with Gasteiger partial charge in [0.1, 0.15) is 0 Å². The number of hydrogen-bond donors (Lipinski definition) is 2. The molecule has 4 aromatic rings. The maximum atomic E-state index is 5.98. The molecule has 6 heteroatoms. The highest BCUT2D eigenvalue weighted by Crippen LogP contribution is 2.32. The number of aromatic nitrogens is 2. The molecular formula is C22H20N4O2. The Morgan fingerprint density at radius 1 is 0.821 bits per heavy atom. The minimum atomic E-state index is 0.489. The molecule has 3 N–H and O–H groups in total. The van der Waals surface area contributed by atoms with Crippen LogP contribution in [0.25, 0.3) is 22.2 Å². The van der Waals surface area contributed by atoms with Gasteiger partial charge in [0.25, 0.3) is 0 Å². The number of nitrogens with one attached hydrogen (secondary N) is 1. The molecule has 0 aliphatic heterocycles. The van der Waals surface area contributed by atoms with Crippen LogP contribution < -0.4 is 20.5 Å². The minimum absolute atomic E-state index is 0.489. The van der Waals surface area contributed by atoms with Gasteiger partial charge >= 0.3 is 0 Å². The third-order valence-electron chi connectivity index (χ3n) is 4.40. The smallest absolute Gasteiger partial charge is 0.228 e. The number of nitrogens with zero attached hydrogens (tertiary/aromatic N) is 2. The van der Waals surface area contributed by atoms with E-state index in [4.69, 9.17) is 20.2 Å². The van der Waals surface area contributed by atoms with Crippen LogP contribution in [0.15, 0.2) is 66.7 Å². The molecule has 0 aliphatic carbocycles. The second kappa shape index (κ2) is 7.44. The van der Waals surface area contributed by atoms with E-state index in [-0.39, 0.29) is 0 Å². The molecule has 0 saturated heterocycles. The molecule has 6 nitrogen and oxygen atoms in total.